The Morgan fingerprint density at radius 2 is 1.86 bits per heavy atom. The van der Waals surface area contributed by atoms with Crippen molar-refractivity contribution in [2.45, 2.75) is 6.42 Å². The molecule has 2 rings (SSSR count). The number of amides is 1. The third kappa shape index (κ3) is 4.24. The first-order valence-electron chi connectivity index (χ1n) is 6.60. The van der Waals surface area contributed by atoms with Crippen molar-refractivity contribution in [2.24, 2.45) is 0 Å². The van der Waals surface area contributed by atoms with Crippen LogP contribution in [0.5, 0.6) is 0 Å². The summed E-state index contributed by atoms with van der Waals surface area (Å²) in [6.45, 7) is 0.654. The molecule has 0 fully saturated rings. The van der Waals surface area contributed by atoms with Crippen molar-refractivity contribution in [2.75, 3.05) is 26.0 Å². The largest absolute Gasteiger partial charge is 0.368 e. The minimum atomic E-state index is -0.237. The van der Waals surface area contributed by atoms with Gasteiger partial charge in [-0.15, -0.1) is 10.2 Å². The van der Waals surface area contributed by atoms with Crippen LogP contribution < -0.4 is 5.32 Å². The van der Waals surface area contributed by atoms with Crippen LogP contribution in [0, 0.1) is 5.82 Å². The molecule has 21 heavy (non-hydrogen) atoms. The van der Waals surface area contributed by atoms with Gasteiger partial charge >= 0.3 is 0 Å². The normalized spacial score (nSPS) is 10.2. The van der Waals surface area contributed by atoms with Crippen molar-refractivity contribution in [3.8, 4) is 0 Å². The molecule has 1 aromatic carbocycles. The first kappa shape index (κ1) is 14.9. The molecule has 0 aliphatic carbocycles. The van der Waals surface area contributed by atoms with Crippen molar-refractivity contribution < 1.29 is 9.18 Å². The summed E-state index contributed by atoms with van der Waals surface area (Å²) < 4.78 is 12.8. The fourth-order valence-electron chi connectivity index (χ4n) is 1.76. The summed E-state index contributed by atoms with van der Waals surface area (Å²) in [5.41, 5.74) is 1.35. The summed E-state index contributed by atoms with van der Waals surface area (Å²) in [6, 6.07) is 9.74. The second kappa shape index (κ2) is 6.78. The number of nitrogens with one attached hydrogen (secondary N) is 1. The minimum Gasteiger partial charge on any atom is -0.368 e. The minimum absolute atomic E-state index is 0.180. The molecular formula is C15H17FN4O. The highest BCUT2D eigenvalue weighted by Gasteiger charge is 2.09. The van der Waals surface area contributed by atoms with E-state index >= 15 is 0 Å². The molecule has 0 saturated carbocycles. The van der Waals surface area contributed by atoms with Crippen LogP contribution in [-0.2, 0) is 6.42 Å². The molecule has 0 aliphatic rings. The van der Waals surface area contributed by atoms with Crippen molar-refractivity contribution >= 4 is 11.7 Å². The van der Waals surface area contributed by atoms with E-state index in [1.54, 1.807) is 38.4 Å². The predicted octanol–water partition coefficient (Wildman–Crippen LogP) is 1.97. The maximum Gasteiger partial charge on any atom is 0.273 e. The fraction of sp³-hybridized carbons (Fsp3) is 0.267. The molecule has 110 valence electrons. The van der Waals surface area contributed by atoms with E-state index in [0.717, 1.165) is 12.0 Å². The van der Waals surface area contributed by atoms with Crippen molar-refractivity contribution in [3.05, 3.63) is 53.5 Å². The Balaban J connectivity index is 1.86. The molecule has 0 atom stereocenters. The van der Waals surface area contributed by atoms with Crippen molar-refractivity contribution in [1.82, 2.24) is 15.1 Å². The van der Waals surface area contributed by atoms with Gasteiger partial charge in [-0.2, -0.15) is 0 Å². The summed E-state index contributed by atoms with van der Waals surface area (Å²) in [7, 11) is 3.33. The lowest BCUT2D eigenvalue weighted by molar-refractivity contribution is 0.0821. The SMILES string of the molecule is CN(C)C(=O)c1ccc(NCCc2ccc(F)cc2)nn1. The Labute approximate surface area is 122 Å². The van der Waals surface area contributed by atoms with Gasteiger partial charge in [0.1, 0.15) is 11.6 Å². The number of rotatable bonds is 5. The van der Waals surface area contributed by atoms with E-state index in [4.69, 9.17) is 0 Å². The lowest BCUT2D eigenvalue weighted by Gasteiger charge is -2.09. The highest BCUT2D eigenvalue weighted by molar-refractivity contribution is 5.91. The Hall–Kier alpha value is -2.50. The van der Waals surface area contributed by atoms with Gasteiger partial charge in [0, 0.05) is 20.6 Å². The van der Waals surface area contributed by atoms with Crippen LogP contribution in [0.25, 0.3) is 0 Å². The van der Waals surface area contributed by atoms with Gasteiger partial charge in [-0.1, -0.05) is 12.1 Å². The predicted molar refractivity (Wildman–Crippen MR) is 78.6 cm³/mol. The number of anilines is 1. The second-order valence-electron chi connectivity index (χ2n) is 4.81. The van der Waals surface area contributed by atoms with Crippen LogP contribution >= 0.6 is 0 Å². The van der Waals surface area contributed by atoms with Gasteiger partial charge in [-0.3, -0.25) is 4.79 Å². The van der Waals surface area contributed by atoms with Gasteiger partial charge in [-0.05, 0) is 36.2 Å². The molecule has 6 heteroatoms. The third-order valence-electron chi connectivity index (χ3n) is 2.92. The number of hydrogen-bond acceptors (Lipinski definition) is 4. The van der Waals surface area contributed by atoms with E-state index in [1.807, 2.05) is 0 Å². The quantitative estimate of drug-likeness (QED) is 0.914. The first-order chi connectivity index (χ1) is 10.1. The Morgan fingerprint density at radius 3 is 2.43 bits per heavy atom. The molecule has 1 heterocycles. The summed E-state index contributed by atoms with van der Waals surface area (Å²) in [6.07, 6.45) is 0.750. The number of carbonyl (C=O) groups is 1. The monoisotopic (exact) mass is 288 g/mol. The Morgan fingerprint density at radius 1 is 1.14 bits per heavy atom. The van der Waals surface area contributed by atoms with Crippen LogP contribution in [0.2, 0.25) is 0 Å². The molecule has 0 aliphatic heterocycles. The van der Waals surface area contributed by atoms with Gasteiger partial charge in [0.2, 0.25) is 0 Å². The molecule has 5 nitrogen and oxygen atoms in total. The summed E-state index contributed by atoms with van der Waals surface area (Å²) in [5.74, 6) is 0.187. The highest BCUT2D eigenvalue weighted by atomic mass is 19.1. The van der Waals surface area contributed by atoms with E-state index in [1.165, 1.54) is 17.0 Å². The molecular weight excluding hydrogens is 271 g/mol. The number of carbonyl (C=O) groups excluding carboxylic acids is 1. The smallest absolute Gasteiger partial charge is 0.273 e. The van der Waals surface area contributed by atoms with E-state index in [-0.39, 0.29) is 11.7 Å². The molecule has 0 saturated heterocycles. The average molecular weight is 288 g/mol. The first-order valence-corrected chi connectivity index (χ1v) is 6.60. The van der Waals surface area contributed by atoms with Crippen LogP contribution in [0.1, 0.15) is 16.1 Å². The van der Waals surface area contributed by atoms with Gasteiger partial charge in [-0.25, -0.2) is 4.39 Å². The van der Waals surface area contributed by atoms with E-state index < -0.39 is 0 Å². The zero-order chi connectivity index (χ0) is 15.2. The summed E-state index contributed by atoms with van der Waals surface area (Å²) >= 11 is 0. The molecule has 0 spiro atoms. The van der Waals surface area contributed by atoms with Gasteiger partial charge in [0.05, 0.1) is 0 Å². The summed E-state index contributed by atoms with van der Waals surface area (Å²) in [4.78, 5) is 13.1. The van der Waals surface area contributed by atoms with Crippen LogP contribution in [0.3, 0.4) is 0 Å². The number of benzene rings is 1. The van der Waals surface area contributed by atoms with Gasteiger partial charge in [0.15, 0.2) is 5.69 Å². The standard InChI is InChI=1S/C15H17FN4O/c1-20(2)15(21)13-7-8-14(19-18-13)17-10-9-11-3-5-12(16)6-4-11/h3-8H,9-10H2,1-2H3,(H,17,19). The molecule has 1 N–H and O–H groups in total. The molecule has 1 aromatic heterocycles. The van der Waals surface area contributed by atoms with E-state index in [2.05, 4.69) is 15.5 Å². The van der Waals surface area contributed by atoms with Crippen LogP contribution in [0.15, 0.2) is 36.4 Å². The van der Waals surface area contributed by atoms with Gasteiger partial charge in [0.25, 0.3) is 5.91 Å². The highest BCUT2D eigenvalue weighted by Crippen LogP contribution is 2.06. The van der Waals surface area contributed by atoms with E-state index in [0.29, 0.717) is 18.1 Å². The van der Waals surface area contributed by atoms with Crippen LogP contribution in [0.4, 0.5) is 10.2 Å². The zero-order valence-corrected chi connectivity index (χ0v) is 12.0. The number of hydrogen-bond donors (Lipinski definition) is 1. The average Bonchev–Trinajstić information content (AvgIpc) is 2.49. The third-order valence-corrected chi connectivity index (χ3v) is 2.92. The van der Waals surface area contributed by atoms with Crippen LogP contribution in [-0.4, -0.2) is 41.6 Å². The lowest BCUT2D eigenvalue weighted by Crippen LogP contribution is -2.23. The number of halogens is 1. The lowest BCUT2D eigenvalue weighted by atomic mass is 10.1. The molecule has 0 bridgehead atoms. The number of nitrogens with zero attached hydrogens (tertiary/aromatic N) is 3. The topological polar surface area (TPSA) is 58.1 Å². The fourth-order valence-corrected chi connectivity index (χ4v) is 1.76. The molecule has 0 unspecified atom stereocenters. The maximum atomic E-state index is 12.8. The maximum absolute atomic E-state index is 12.8. The second-order valence-corrected chi connectivity index (χ2v) is 4.81. The Kier molecular flexibility index (Phi) is 4.81. The molecule has 1 amide bonds. The zero-order valence-electron chi connectivity index (χ0n) is 12.0. The van der Waals surface area contributed by atoms with Crippen molar-refractivity contribution in [3.63, 3.8) is 0 Å². The molecule has 0 radical (unpaired) electrons. The van der Waals surface area contributed by atoms with E-state index in [9.17, 15) is 9.18 Å². The van der Waals surface area contributed by atoms with Crippen molar-refractivity contribution in [1.29, 1.82) is 0 Å². The van der Waals surface area contributed by atoms with Gasteiger partial charge < -0.3 is 10.2 Å². The Bertz CT molecular complexity index is 596. The number of aromatic nitrogens is 2. The molecule has 2 aromatic rings. The summed E-state index contributed by atoms with van der Waals surface area (Å²) in [5, 5.41) is 11.0.